The van der Waals surface area contributed by atoms with Crippen LogP contribution < -0.4 is 5.69 Å². The third kappa shape index (κ3) is 2.64. The van der Waals surface area contributed by atoms with Crippen LogP contribution in [0.1, 0.15) is 5.56 Å². The van der Waals surface area contributed by atoms with Gasteiger partial charge in [-0.1, -0.05) is 60.7 Å². The fraction of sp³-hybridized carbons (Fsp3) is 0.0625. The van der Waals surface area contributed by atoms with Gasteiger partial charge in [-0.2, -0.15) is 10.1 Å². The smallest absolute Gasteiger partial charge is 0.244 e. The van der Waals surface area contributed by atoms with Crippen molar-refractivity contribution < 1.29 is 0 Å². The highest BCUT2D eigenvalue weighted by atomic mass is 16.1. The second-order valence-electron chi connectivity index (χ2n) is 4.43. The van der Waals surface area contributed by atoms with Gasteiger partial charge < -0.3 is 0 Å². The van der Waals surface area contributed by atoms with E-state index in [0.29, 0.717) is 12.2 Å². The molecule has 0 aliphatic rings. The summed E-state index contributed by atoms with van der Waals surface area (Å²) in [7, 11) is 0. The summed E-state index contributed by atoms with van der Waals surface area (Å²) in [5.74, 6) is 0. The maximum atomic E-state index is 12.0. The highest BCUT2D eigenvalue weighted by Gasteiger charge is 2.04. The number of rotatable bonds is 3. The molecular formula is C16H13N3O. The van der Waals surface area contributed by atoms with Gasteiger partial charge in [0.2, 0.25) is 0 Å². The minimum Gasteiger partial charge on any atom is -0.244 e. The van der Waals surface area contributed by atoms with Gasteiger partial charge in [0.15, 0.2) is 0 Å². The number of aromatic nitrogens is 3. The Hall–Kier alpha value is -2.75. The Morgan fingerprint density at radius 1 is 0.900 bits per heavy atom. The summed E-state index contributed by atoms with van der Waals surface area (Å²) in [5.41, 5.74) is 2.18. The van der Waals surface area contributed by atoms with Gasteiger partial charge in [0.1, 0.15) is 0 Å². The van der Waals surface area contributed by atoms with Gasteiger partial charge in [-0.25, -0.2) is 9.48 Å². The highest BCUT2D eigenvalue weighted by molar-refractivity contribution is 5.56. The van der Waals surface area contributed by atoms with Crippen LogP contribution in [0.5, 0.6) is 0 Å². The number of benzene rings is 2. The molecule has 3 aromatic rings. The van der Waals surface area contributed by atoms with Gasteiger partial charge in [0.25, 0.3) is 0 Å². The molecule has 3 rings (SSSR count). The molecule has 0 fully saturated rings. The van der Waals surface area contributed by atoms with E-state index in [1.54, 1.807) is 6.20 Å². The van der Waals surface area contributed by atoms with Crippen molar-refractivity contribution >= 4 is 0 Å². The molecule has 0 amide bonds. The molecule has 0 aliphatic carbocycles. The van der Waals surface area contributed by atoms with Crippen molar-refractivity contribution in [2.24, 2.45) is 0 Å². The Balaban J connectivity index is 1.91. The summed E-state index contributed by atoms with van der Waals surface area (Å²) in [5, 5.41) is 4.19. The van der Waals surface area contributed by atoms with Gasteiger partial charge in [-0.05, 0) is 5.56 Å². The quantitative estimate of drug-likeness (QED) is 0.728. The largest absolute Gasteiger partial charge is 0.364 e. The monoisotopic (exact) mass is 263 g/mol. The number of hydrogen-bond acceptors (Lipinski definition) is 3. The predicted octanol–water partition coefficient (Wildman–Crippen LogP) is 2.35. The molecule has 4 nitrogen and oxygen atoms in total. The molecule has 0 saturated carbocycles. The summed E-state index contributed by atoms with van der Waals surface area (Å²) in [4.78, 5) is 16.1. The third-order valence-corrected chi connectivity index (χ3v) is 3.00. The molecule has 98 valence electrons. The maximum absolute atomic E-state index is 12.0. The molecule has 1 heterocycles. The van der Waals surface area contributed by atoms with E-state index in [-0.39, 0.29) is 5.69 Å². The molecule has 0 bridgehead atoms. The fourth-order valence-electron chi connectivity index (χ4n) is 1.98. The number of nitrogens with zero attached hydrogens (tertiary/aromatic N) is 3. The first-order valence-corrected chi connectivity index (χ1v) is 6.36. The lowest BCUT2D eigenvalue weighted by atomic mass is 10.2. The molecule has 1 aromatic heterocycles. The van der Waals surface area contributed by atoms with Crippen LogP contribution in [0.25, 0.3) is 11.3 Å². The Bertz CT molecular complexity index is 751. The standard InChI is InChI=1S/C16H13N3O/c20-16-18-15(14-9-5-2-6-10-14)11-17-19(16)12-13-7-3-1-4-8-13/h1-11H,12H2. The van der Waals surface area contributed by atoms with Crippen molar-refractivity contribution in [3.05, 3.63) is 82.9 Å². The second-order valence-corrected chi connectivity index (χ2v) is 4.43. The minimum absolute atomic E-state index is 0.338. The zero-order valence-corrected chi connectivity index (χ0v) is 10.8. The van der Waals surface area contributed by atoms with Crippen LogP contribution in [-0.4, -0.2) is 14.8 Å². The Morgan fingerprint density at radius 2 is 1.55 bits per heavy atom. The van der Waals surface area contributed by atoms with Crippen LogP contribution >= 0.6 is 0 Å². The highest BCUT2D eigenvalue weighted by Crippen LogP contribution is 2.12. The Kier molecular flexibility index (Phi) is 3.37. The van der Waals surface area contributed by atoms with Crippen LogP contribution in [0, 0.1) is 0 Å². The SMILES string of the molecule is O=c1nc(-c2ccccc2)cnn1Cc1ccccc1. The Morgan fingerprint density at radius 3 is 2.20 bits per heavy atom. The van der Waals surface area contributed by atoms with E-state index in [2.05, 4.69) is 10.1 Å². The summed E-state index contributed by atoms with van der Waals surface area (Å²) < 4.78 is 1.36. The van der Waals surface area contributed by atoms with Crippen molar-refractivity contribution in [1.29, 1.82) is 0 Å². The molecule has 0 N–H and O–H groups in total. The van der Waals surface area contributed by atoms with Gasteiger partial charge >= 0.3 is 5.69 Å². The van der Waals surface area contributed by atoms with Gasteiger partial charge in [0.05, 0.1) is 18.4 Å². The van der Waals surface area contributed by atoms with Gasteiger partial charge in [-0.3, -0.25) is 0 Å². The first kappa shape index (κ1) is 12.3. The molecule has 0 aliphatic heterocycles. The summed E-state index contributed by atoms with van der Waals surface area (Å²) in [6.45, 7) is 0.432. The summed E-state index contributed by atoms with van der Waals surface area (Å²) >= 11 is 0. The van der Waals surface area contributed by atoms with Crippen LogP contribution in [0.4, 0.5) is 0 Å². The molecule has 0 atom stereocenters. The second kappa shape index (κ2) is 5.48. The maximum Gasteiger partial charge on any atom is 0.364 e. The van der Waals surface area contributed by atoms with E-state index in [1.165, 1.54) is 4.68 Å². The van der Waals surface area contributed by atoms with Crippen molar-refractivity contribution in [2.75, 3.05) is 0 Å². The van der Waals surface area contributed by atoms with Crippen molar-refractivity contribution in [1.82, 2.24) is 14.8 Å². The van der Waals surface area contributed by atoms with Crippen LogP contribution in [0.3, 0.4) is 0 Å². The Labute approximate surface area is 116 Å². The molecule has 0 unspecified atom stereocenters. The van der Waals surface area contributed by atoms with Gasteiger partial charge in [0, 0.05) is 5.56 Å². The normalized spacial score (nSPS) is 10.4. The van der Waals surface area contributed by atoms with Crippen molar-refractivity contribution in [2.45, 2.75) is 6.54 Å². The van der Waals surface area contributed by atoms with E-state index in [0.717, 1.165) is 11.1 Å². The van der Waals surface area contributed by atoms with Crippen LogP contribution in [0.15, 0.2) is 71.7 Å². The number of hydrogen-bond donors (Lipinski definition) is 0. The average molecular weight is 263 g/mol. The van der Waals surface area contributed by atoms with E-state index in [9.17, 15) is 4.79 Å². The predicted molar refractivity (Wildman–Crippen MR) is 77.3 cm³/mol. The van der Waals surface area contributed by atoms with Crippen LogP contribution in [0.2, 0.25) is 0 Å². The van der Waals surface area contributed by atoms with Gasteiger partial charge in [-0.15, -0.1) is 0 Å². The zero-order valence-electron chi connectivity index (χ0n) is 10.8. The third-order valence-electron chi connectivity index (χ3n) is 3.00. The fourth-order valence-corrected chi connectivity index (χ4v) is 1.98. The molecule has 0 spiro atoms. The van der Waals surface area contributed by atoms with E-state index in [4.69, 9.17) is 0 Å². The van der Waals surface area contributed by atoms with Crippen molar-refractivity contribution in [3.8, 4) is 11.3 Å². The summed E-state index contributed by atoms with van der Waals surface area (Å²) in [6.07, 6.45) is 1.62. The molecule has 0 saturated heterocycles. The van der Waals surface area contributed by atoms with E-state index < -0.39 is 0 Å². The average Bonchev–Trinajstić information content (AvgIpc) is 2.51. The summed E-state index contributed by atoms with van der Waals surface area (Å²) in [6, 6.07) is 19.3. The molecule has 0 radical (unpaired) electrons. The molecule has 4 heteroatoms. The lowest BCUT2D eigenvalue weighted by Gasteiger charge is -2.05. The molecule has 2 aromatic carbocycles. The van der Waals surface area contributed by atoms with Crippen LogP contribution in [-0.2, 0) is 6.54 Å². The van der Waals surface area contributed by atoms with Crippen molar-refractivity contribution in [3.63, 3.8) is 0 Å². The lowest BCUT2D eigenvalue weighted by molar-refractivity contribution is 0.615. The first-order chi connectivity index (χ1) is 9.83. The topological polar surface area (TPSA) is 47.8 Å². The molecular weight excluding hydrogens is 250 g/mol. The molecule has 20 heavy (non-hydrogen) atoms. The zero-order chi connectivity index (χ0) is 13.8. The van der Waals surface area contributed by atoms with E-state index in [1.807, 2.05) is 60.7 Å². The first-order valence-electron chi connectivity index (χ1n) is 6.36. The van der Waals surface area contributed by atoms with E-state index >= 15 is 0 Å². The minimum atomic E-state index is -0.338. The lowest BCUT2D eigenvalue weighted by Crippen LogP contribution is -2.26.